The van der Waals surface area contributed by atoms with Gasteiger partial charge in [0.05, 0.1) is 38.6 Å². The summed E-state index contributed by atoms with van der Waals surface area (Å²) in [4.78, 5) is 56.1. The van der Waals surface area contributed by atoms with E-state index in [1.54, 1.807) is 0 Å². The first-order valence-electron chi connectivity index (χ1n) is 13.5. The number of nitrogen functional groups attached to an aromatic ring is 2. The second kappa shape index (κ2) is 12.9. The minimum Gasteiger partial charge on any atom is -0.392 e. The van der Waals surface area contributed by atoms with Crippen molar-refractivity contribution in [1.29, 1.82) is 0 Å². The highest BCUT2D eigenvalue weighted by Crippen LogP contribution is 2.57. The molecule has 47 heavy (non-hydrogen) atoms. The predicted octanol–water partition coefficient (Wildman–Crippen LogP) is -1.36. The lowest BCUT2D eigenvalue weighted by Crippen LogP contribution is -2.38. The van der Waals surface area contributed by atoms with Crippen molar-refractivity contribution in [3.05, 3.63) is 33.4 Å². The number of anilines is 2. The Bertz CT molecular complexity index is 2020. The van der Waals surface area contributed by atoms with E-state index in [0.717, 1.165) is 0 Å². The van der Waals surface area contributed by atoms with Crippen LogP contribution in [-0.4, -0.2) is 104 Å². The van der Waals surface area contributed by atoms with Crippen LogP contribution in [0, 0.1) is 0 Å². The van der Waals surface area contributed by atoms with Crippen LogP contribution in [0.3, 0.4) is 0 Å². The van der Waals surface area contributed by atoms with Gasteiger partial charge in [-0.05, 0) is 18.7 Å². The van der Waals surface area contributed by atoms with Crippen LogP contribution in [0.2, 0.25) is 0 Å². The molecule has 9 atom stereocenters. The third kappa shape index (κ3) is 6.87. The number of aliphatic hydroxyl groups is 2. The van der Waals surface area contributed by atoms with Crippen molar-refractivity contribution in [3.8, 4) is 0 Å². The largest absolute Gasteiger partial charge is 0.392 e. The summed E-state index contributed by atoms with van der Waals surface area (Å²) in [5, 5.41) is 21.5. The molecule has 22 nitrogen and oxygen atoms in total. The van der Waals surface area contributed by atoms with E-state index in [4.69, 9.17) is 50.8 Å². The Labute approximate surface area is 272 Å². The molecule has 6 heterocycles. The van der Waals surface area contributed by atoms with Crippen molar-refractivity contribution < 1.29 is 47.2 Å². The third-order valence-corrected chi connectivity index (χ3v) is 10.4. The van der Waals surface area contributed by atoms with Crippen LogP contribution in [-0.2, 0) is 43.9 Å². The van der Waals surface area contributed by atoms with Crippen molar-refractivity contribution in [2.24, 2.45) is 0 Å². The Balaban J connectivity index is 1.27. The Morgan fingerprint density at radius 3 is 2.43 bits per heavy atom. The molecule has 5 unspecified atom stereocenters. The molecule has 0 aliphatic carbocycles. The molecule has 2 aliphatic heterocycles. The standard InChI is InChI=1S/C21H28N10O12P2S2/c1-7-8(40-10(2-32)30-5-24-11-15(30)26-20(22)28-17(11)34)3-38-45(37,47)43-14-9(4-39-44(36,46)42-7)41-19(13(14)33)31-6-25-12-16(31)27-21(23)29-18(12)35/h5-10,13-14,19,32-33H,2-4H2,1H3,(H,36,46)(H,37,47)(H3,22,26,28,34)(H3,23,27,29,35)/t7-,8-,9-,10?,13?,14+,19?,44?,45?/m1/s1. The molecule has 4 aromatic heterocycles. The number of imidazole rings is 2. The van der Waals surface area contributed by atoms with Crippen molar-refractivity contribution in [2.45, 2.75) is 49.9 Å². The molecule has 0 spiro atoms. The van der Waals surface area contributed by atoms with Gasteiger partial charge in [-0.25, -0.2) is 14.5 Å². The first-order chi connectivity index (χ1) is 22.2. The number of aromatic amines is 2. The van der Waals surface area contributed by atoms with Gasteiger partial charge in [0.2, 0.25) is 11.9 Å². The van der Waals surface area contributed by atoms with Crippen LogP contribution in [0.15, 0.2) is 22.2 Å². The number of thiol groups is 1. The fourth-order valence-electron chi connectivity index (χ4n) is 5.01. The Hall–Kier alpha value is -2.83. The van der Waals surface area contributed by atoms with Crippen LogP contribution >= 0.6 is 25.8 Å². The van der Waals surface area contributed by atoms with Gasteiger partial charge in [0.1, 0.15) is 24.4 Å². The van der Waals surface area contributed by atoms with Gasteiger partial charge in [0.25, 0.3) is 11.1 Å². The SMILES string of the molecule is C[C@H]1OP(O)(=S)OC[C@H]2OC(n3cnc4c(=O)[nH]c(N)nc43)C(O)[C@H]2OP(=O)(S)OC[C@H]1OC(CO)n1cnc2c(=O)[nH]c(N)nc21. The summed E-state index contributed by atoms with van der Waals surface area (Å²) in [6.07, 6.45) is -6.98. The summed E-state index contributed by atoms with van der Waals surface area (Å²) < 4.78 is 50.2. The number of hydrogen-bond donors (Lipinski definition) is 8. The number of nitrogens with one attached hydrogen (secondary N) is 2. The molecule has 0 saturated carbocycles. The van der Waals surface area contributed by atoms with E-state index in [2.05, 4.69) is 42.2 Å². The van der Waals surface area contributed by atoms with Crippen LogP contribution in [0.25, 0.3) is 22.3 Å². The molecule has 0 aromatic carbocycles. The topological polar surface area (TPSA) is 312 Å². The molecule has 256 valence electrons. The average molecular weight is 739 g/mol. The lowest BCUT2D eigenvalue weighted by molar-refractivity contribution is -0.128. The van der Waals surface area contributed by atoms with Gasteiger partial charge in [-0.15, -0.1) is 0 Å². The number of hydrogen-bond acceptors (Lipinski definition) is 18. The van der Waals surface area contributed by atoms with E-state index in [-0.39, 0.29) is 34.2 Å². The van der Waals surface area contributed by atoms with Gasteiger partial charge in [-0.3, -0.25) is 37.7 Å². The summed E-state index contributed by atoms with van der Waals surface area (Å²) in [7, 11) is 0. The Morgan fingerprint density at radius 1 is 1.11 bits per heavy atom. The van der Waals surface area contributed by atoms with Crippen molar-refractivity contribution in [1.82, 2.24) is 39.0 Å². The second-order valence-electron chi connectivity index (χ2n) is 10.3. The fourth-order valence-corrected chi connectivity index (χ4v) is 8.04. The zero-order valence-corrected chi connectivity index (χ0v) is 27.4. The van der Waals surface area contributed by atoms with Gasteiger partial charge in [0, 0.05) is 0 Å². The third-order valence-electron chi connectivity index (χ3n) is 7.17. The zero-order valence-electron chi connectivity index (χ0n) is 23.9. The van der Waals surface area contributed by atoms with Crippen molar-refractivity contribution in [3.63, 3.8) is 0 Å². The number of H-pyrrole nitrogens is 2. The summed E-state index contributed by atoms with van der Waals surface area (Å²) in [5.74, 6) is -0.439. The van der Waals surface area contributed by atoms with E-state index in [1.165, 1.54) is 28.7 Å². The monoisotopic (exact) mass is 738 g/mol. The molecule has 26 heteroatoms. The number of fused-ring (bicyclic) bond motifs is 3. The number of ether oxygens (including phenoxy) is 2. The van der Waals surface area contributed by atoms with E-state index in [0.29, 0.717) is 0 Å². The number of nitrogens with two attached hydrogens (primary N) is 2. The molecule has 2 saturated heterocycles. The number of nitrogens with zero attached hydrogens (tertiary/aromatic N) is 6. The summed E-state index contributed by atoms with van der Waals surface area (Å²) in [6.45, 7) is -8.83. The number of aromatic nitrogens is 8. The summed E-state index contributed by atoms with van der Waals surface area (Å²) in [5.41, 5.74) is 9.84. The van der Waals surface area contributed by atoms with Crippen LogP contribution in [0.1, 0.15) is 19.4 Å². The van der Waals surface area contributed by atoms with Gasteiger partial charge in [0.15, 0.2) is 34.8 Å². The molecule has 4 aromatic rings. The molecule has 6 rings (SSSR count). The summed E-state index contributed by atoms with van der Waals surface area (Å²) >= 11 is 9.26. The summed E-state index contributed by atoms with van der Waals surface area (Å²) in [6, 6.07) is 0. The van der Waals surface area contributed by atoms with E-state index >= 15 is 0 Å². The smallest absolute Gasteiger partial charge is 0.386 e. The molecule has 2 aliphatic rings. The molecule has 0 bridgehead atoms. The first kappa shape index (κ1) is 34.0. The highest BCUT2D eigenvalue weighted by atomic mass is 32.7. The zero-order chi connectivity index (χ0) is 33.8. The Kier molecular flexibility index (Phi) is 9.34. The van der Waals surface area contributed by atoms with Gasteiger partial charge in [-0.1, -0.05) is 12.2 Å². The molecule has 0 amide bonds. The van der Waals surface area contributed by atoms with Gasteiger partial charge < -0.3 is 45.1 Å². The highest BCUT2D eigenvalue weighted by Gasteiger charge is 2.50. The number of rotatable bonds is 5. The lowest BCUT2D eigenvalue weighted by Gasteiger charge is -2.32. The van der Waals surface area contributed by atoms with Crippen molar-refractivity contribution >= 4 is 71.8 Å². The van der Waals surface area contributed by atoms with E-state index in [9.17, 15) is 29.3 Å². The minimum atomic E-state index is -4.36. The van der Waals surface area contributed by atoms with Crippen LogP contribution in [0.4, 0.5) is 11.9 Å². The van der Waals surface area contributed by atoms with Crippen LogP contribution in [0.5, 0.6) is 0 Å². The van der Waals surface area contributed by atoms with Gasteiger partial charge >= 0.3 is 13.5 Å². The molecule has 9 N–H and O–H groups in total. The molecule has 2 fully saturated rings. The first-order valence-corrected chi connectivity index (χ1v) is 18.8. The van der Waals surface area contributed by atoms with E-state index < -0.39 is 87.4 Å². The van der Waals surface area contributed by atoms with E-state index in [1.807, 2.05) is 0 Å². The predicted molar refractivity (Wildman–Crippen MR) is 166 cm³/mol. The normalized spacial score (nSPS) is 33.0. The fraction of sp³-hybridized carbons (Fsp3) is 0.524. The lowest BCUT2D eigenvalue weighted by atomic mass is 10.1. The molecular weight excluding hydrogens is 710 g/mol. The molecule has 0 radical (unpaired) electrons. The average Bonchev–Trinajstić information content (AvgIpc) is 3.67. The second-order valence-corrected chi connectivity index (χ2v) is 16.0. The van der Waals surface area contributed by atoms with Crippen LogP contribution < -0.4 is 22.6 Å². The maximum absolute atomic E-state index is 13.5. The highest BCUT2D eigenvalue weighted by molar-refractivity contribution is 8.44. The van der Waals surface area contributed by atoms with Crippen molar-refractivity contribution in [2.75, 3.05) is 31.3 Å². The Morgan fingerprint density at radius 2 is 1.74 bits per heavy atom. The maximum Gasteiger partial charge on any atom is 0.386 e. The molecular formula is C21H28N10O12P2S2. The minimum absolute atomic E-state index is 0.0178. The van der Waals surface area contributed by atoms with Gasteiger partial charge in [-0.2, -0.15) is 9.97 Å². The maximum atomic E-state index is 13.5. The number of aliphatic hydroxyl groups excluding tert-OH is 2. The quantitative estimate of drug-likeness (QED) is 0.0866.